The summed E-state index contributed by atoms with van der Waals surface area (Å²) >= 11 is 0. The molecule has 1 atom stereocenters. The number of para-hydroxylation sites is 1. The molecule has 4 rings (SSSR count). The van der Waals surface area contributed by atoms with Gasteiger partial charge in [-0.15, -0.1) is 0 Å². The normalized spacial score (nSPS) is 12.8. The Labute approximate surface area is 131 Å². The summed E-state index contributed by atoms with van der Waals surface area (Å²) in [5.74, 6) is 0.674. The molecule has 0 saturated carbocycles. The lowest BCUT2D eigenvalue weighted by Gasteiger charge is -2.09. The predicted molar refractivity (Wildman–Crippen MR) is 86.8 cm³/mol. The highest BCUT2D eigenvalue weighted by atomic mass is 16.3. The van der Waals surface area contributed by atoms with Gasteiger partial charge < -0.3 is 14.6 Å². The molecule has 4 aromatic rings. The van der Waals surface area contributed by atoms with Crippen LogP contribution in [-0.4, -0.2) is 26.8 Å². The highest BCUT2D eigenvalue weighted by Gasteiger charge is 2.14. The van der Waals surface area contributed by atoms with Crippen LogP contribution in [0.25, 0.3) is 33.2 Å². The summed E-state index contributed by atoms with van der Waals surface area (Å²) in [5.41, 5.74) is 2.66. The molecular formula is C18H14N2O3. The van der Waals surface area contributed by atoms with Gasteiger partial charge in [0.05, 0.1) is 23.4 Å². The molecule has 3 heterocycles. The average molecular weight is 306 g/mol. The first kappa shape index (κ1) is 13.9. The number of furan rings is 1. The first-order chi connectivity index (χ1) is 11.3. The van der Waals surface area contributed by atoms with Crippen LogP contribution in [0.1, 0.15) is 11.8 Å². The number of aliphatic hydroxyl groups is 2. The van der Waals surface area contributed by atoms with Gasteiger partial charge in [-0.05, 0) is 24.3 Å². The van der Waals surface area contributed by atoms with Crippen molar-refractivity contribution >= 4 is 21.9 Å². The second kappa shape index (κ2) is 5.46. The highest BCUT2D eigenvalue weighted by Crippen LogP contribution is 2.31. The molecule has 5 nitrogen and oxygen atoms in total. The maximum absolute atomic E-state index is 9.81. The molecule has 0 spiro atoms. The standard InChI is InChI=1S/C18H14N2O3/c21-10-15(22)14-6-5-12-8-19-9-13(18(12)20-14)17-7-11-3-1-2-4-16(11)23-17/h1-9,15,21-22H,10H2. The fourth-order valence-corrected chi connectivity index (χ4v) is 2.63. The van der Waals surface area contributed by atoms with E-state index >= 15 is 0 Å². The quantitative estimate of drug-likeness (QED) is 0.608. The first-order valence-corrected chi connectivity index (χ1v) is 7.29. The SMILES string of the molecule is OCC(O)c1ccc2cncc(-c3cc4ccccc4o3)c2n1. The Hall–Kier alpha value is -2.76. The van der Waals surface area contributed by atoms with Gasteiger partial charge in [0, 0.05) is 23.2 Å². The maximum Gasteiger partial charge on any atom is 0.139 e. The molecule has 0 aliphatic rings. The largest absolute Gasteiger partial charge is 0.456 e. The van der Waals surface area contributed by atoms with Crippen LogP contribution in [0.5, 0.6) is 0 Å². The molecule has 3 aromatic heterocycles. The van der Waals surface area contributed by atoms with E-state index < -0.39 is 6.10 Å². The highest BCUT2D eigenvalue weighted by molar-refractivity contribution is 5.94. The van der Waals surface area contributed by atoms with Crippen molar-refractivity contribution in [1.82, 2.24) is 9.97 Å². The number of aromatic nitrogens is 2. The van der Waals surface area contributed by atoms with Gasteiger partial charge in [-0.25, -0.2) is 4.98 Å². The summed E-state index contributed by atoms with van der Waals surface area (Å²) in [6.07, 6.45) is 2.40. The third-order valence-electron chi connectivity index (χ3n) is 3.83. The van der Waals surface area contributed by atoms with Gasteiger partial charge in [0.25, 0.3) is 0 Å². The number of rotatable bonds is 3. The maximum atomic E-state index is 9.81. The molecule has 114 valence electrons. The molecule has 0 fully saturated rings. The minimum Gasteiger partial charge on any atom is -0.456 e. The smallest absolute Gasteiger partial charge is 0.139 e. The van der Waals surface area contributed by atoms with E-state index in [1.165, 1.54) is 0 Å². The summed E-state index contributed by atoms with van der Waals surface area (Å²) in [7, 11) is 0. The number of nitrogens with zero attached hydrogens (tertiary/aromatic N) is 2. The predicted octanol–water partition coefficient (Wildman–Crippen LogP) is 3.07. The summed E-state index contributed by atoms with van der Waals surface area (Å²) in [5, 5.41) is 20.8. The fourth-order valence-electron chi connectivity index (χ4n) is 2.63. The van der Waals surface area contributed by atoms with Crippen molar-refractivity contribution in [3.8, 4) is 11.3 Å². The third-order valence-corrected chi connectivity index (χ3v) is 3.83. The van der Waals surface area contributed by atoms with Gasteiger partial charge in [-0.2, -0.15) is 0 Å². The number of aliphatic hydroxyl groups excluding tert-OH is 2. The summed E-state index contributed by atoms with van der Waals surface area (Å²) < 4.78 is 5.90. The van der Waals surface area contributed by atoms with E-state index in [1.54, 1.807) is 18.5 Å². The summed E-state index contributed by atoms with van der Waals surface area (Å²) in [4.78, 5) is 8.72. The molecular weight excluding hydrogens is 292 g/mol. The van der Waals surface area contributed by atoms with Crippen molar-refractivity contribution in [2.45, 2.75) is 6.10 Å². The molecule has 23 heavy (non-hydrogen) atoms. The van der Waals surface area contributed by atoms with Crippen molar-refractivity contribution in [3.05, 3.63) is 60.6 Å². The van der Waals surface area contributed by atoms with E-state index in [1.807, 2.05) is 36.4 Å². The van der Waals surface area contributed by atoms with Crippen LogP contribution in [0.3, 0.4) is 0 Å². The van der Waals surface area contributed by atoms with Crippen LogP contribution in [0, 0.1) is 0 Å². The zero-order valence-corrected chi connectivity index (χ0v) is 12.2. The molecule has 0 aliphatic carbocycles. The van der Waals surface area contributed by atoms with Crippen molar-refractivity contribution in [1.29, 1.82) is 0 Å². The number of benzene rings is 1. The number of hydrogen-bond donors (Lipinski definition) is 2. The van der Waals surface area contributed by atoms with Crippen LogP contribution in [0.15, 0.2) is 59.3 Å². The minimum atomic E-state index is -1.00. The Kier molecular flexibility index (Phi) is 3.29. The molecule has 2 N–H and O–H groups in total. The second-order valence-corrected chi connectivity index (χ2v) is 5.34. The van der Waals surface area contributed by atoms with Crippen molar-refractivity contribution < 1.29 is 14.6 Å². The topological polar surface area (TPSA) is 79.4 Å². The van der Waals surface area contributed by atoms with Gasteiger partial charge in [0.2, 0.25) is 0 Å². The lowest BCUT2D eigenvalue weighted by Crippen LogP contribution is -2.05. The minimum absolute atomic E-state index is 0.371. The Morgan fingerprint density at radius 2 is 1.91 bits per heavy atom. The monoisotopic (exact) mass is 306 g/mol. The molecule has 0 saturated heterocycles. The average Bonchev–Trinajstić information content (AvgIpc) is 3.04. The van der Waals surface area contributed by atoms with Crippen molar-refractivity contribution in [2.24, 2.45) is 0 Å². The van der Waals surface area contributed by atoms with E-state index in [0.717, 1.165) is 21.9 Å². The van der Waals surface area contributed by atoms with Crippen LogP contribution in [0.4, 0.5) is 0 Å². The molecule has 5 heteroatoms. The van der Waals surface area contributed by atoms with E-state index in [2.05, 4.69) is 9.97 Å². The molecule has 1 unspecified atom stereocenters. The van der Waals surface area contributed by atoms with Crippen molar-refractivity contribution in [3.63, 3.8) is 0 Å². The number of hydrogen-bond acceptors (Lipinski definition) is 5. The van der Waals surface area contributed by atoms with Gasteiger partial charge in [-0.3, -0.25) is 4.98 Å². The van der Waals surface area contributed by atoms with Crippen LogP contribution in [-0.2, 0) is 0 Å². The Bertz CT molecular complexity index is 961. The van der Waals surface area contributed by atoms with E-state index in [-0.39, 0.29) is 6.61 Å². The molecule has 0 bridgehead atoms. The number of pyridine rings is 2. The lowest BCUT2D eigenvalue weighted by molar-refractivity contribution is 0.0925. The third kappa shape index (κ3) is 2.36. The second-order valence-electron chi connectivity index (χ2n) is 5.34. The molecule has 1 aromatic carbocycles. The molecule has 0 aliphatic heterocycles. The van der Waals surface area contributed by atoms with E-state index in [0.29, 0.717) is 17.0 Å². The summed E-state index contributed by atoms with van der Waals surface area (Å²) in [6, 6.07) is 13.2. The fraction of sp³-hybridized carbons (Fsp3) is 0.111. The van der Waals surface area contributed by atoms with Crippen LogP contribution in [0.2, 0.25) is 0 Å². The zero-order valence-electron chi connectivity index (χ0n) is 12.2. The Morgan fingerprint density at radius 1 is 1.04 bits per heavy atom. The van der Waals surface area contributed by atoms with Gasteiger partial charge in [-0.1, -0.05) is 18.2 Å². The lowest BCUT2D eigenvalue weighted by atomic mass is 10.1. The molecule has 0 amide bonds. The van der Waals surface area contributed by atoms with Crippen LogP contribution < -0.4 is 0 Å². The van der Waals surface area contributed by atoms with Crippen molar-refractivity contribution in [2.75, 3.05) is 6.61 Å². The van der Waals surface area contributed by atoms with Gasteiger partial charge in [0.15, 0.2) is 0 Å². The van der Waals surface area contributed by atoms with Gasteiger partial charge >= 0.3 is 0 Å². The van der Waals surface area contributed by atoms with E-state index in [4.69, 9.17) is 9.52 Å². The molecule has 0 radical (unpaired) electrons. The zero-order chi connectivity index (χ0) is 15.8. The number of fused-ring (bicyclic) bond motifs is 2. The Morgan fingerprint density at radius 3 is 2.74 bits per heavy atom. The summed E-state index contributed by atoms with van der Waals surface area (Å²) in [6.45, 7) is -0.371. The van der Waals surface area contributed by atoms with Gasteiger partial charge in [0.1, 0.15) is 17.4 Å². The van der Waals surface area contributed by atoms with Crippen LogP contribution >= 0.6 is 0 Å². The van der Waals surface area contributed by atoms with E-state index in [9.17, 15) is 5.11 Å². The first-order valence-electron chi connectivity index (χ1n) is 7.29. The Balaban J connectivity index is 1.94.